The fourth-order valence-corrected chi connectivity index (χ4v) is 4.82. The van der Waals surface area contributed by atoms with E-state index in [1.54, 1.807) is 10.7 Å². The number of aromatic nitrogens is 4. The molecule has 0 unspecified atom stereocenters. The number of hydrogen-bond donors (Lipinski definition) is 1. The Morgan fingerprint density at radius 2 is 2.17 bits per heavy atom. The van der Waals surface area contributed by atoms with Crippen molar-refractivity contribution in [1.29, 1.82) is 0 Å². The second-order valence-electron chi connectivity index (χ2n) is 6.37. The van der Waals surface area contributed by atoms with Crippen molar-refractivity contribution in [1.82, 2.24) is 19.6 Å². The van der Waals surface area contributed by atoms with Gasteiger partial charge >= 0.3 is 0 Å². The van der Waals surface area contributed by atoms with Crippen LogP contribution in [0.2, 0.25) is 0 Å². The zero-order valence-corrected chi connectivity index (χ0v) is 14.0. The Balaban J connectivity index is 1.42. The van der Waals surface area contributed by atoms with Gasteiger partial charge in [-0.2, -0.15) is 4.98 Å². The molecular weight excluding hydrogens is 324 g/mol. The van der Waals surface area contributed by atoms with Crippen LogP contribution < -0.4 is 10.6 Å². The molecule has 124 valence electrons. The number of piperidine rings is 1. The van der Waals surface area contributed by atoms with E-state index in [1.165, 1.54) is 10.4 Å². The summed E-state index contributed by atoms with van der Waals surface area (Å²) in [6, 6.07) is 4.19. The second kappa shape index (κ2) is 5.15. The van der Waals surface area contributed by atoms with Gasteiger partial charge in [-0.3, -0.25) is 4.40 Å². The highest BCUT2D eigenvalue weighted by Gasteiger charge is 2.41. The average molecular weight is 342 g/mol. The van der Waals surface area contributed by atoms with E-state index in [-0.39, 0.29) is 5.60 Å². The van der Waals surface area contributed by atoms with Crippen LogP contribution in [0.5, 0.6) is 0 Å². The molecule has 7 nitrogen and oxygen atoms in total. The van der Waals surface area contributed by atoms with Gasteiger partial charge in [0.25, 0.3) is 0 Å². The van der Waals surface area contributed by atoms with Gasteiger partial charge in [0, 0.05) is 30.5 Å². The predicted molar refractivity (Wildman–Crippen MR) is 92.3 cm³/mol. The minimum absolute atomic E-state index is 0.116. The van der Waals surface area contributed by atoms with Crippen LogP contribution in [0.15, 0.2) is 23.8 Å². The number of rotatable bonds is 1. The number of anilines is 2. The van der Waals surface area contributed by atoms with Gasteiger partial charge in [0.05, 0.1) is 12.2 Å². The molecule has 0 radical (unpaired) electrons. The van der Waals surface area contributed by atoms with Crippen LogP contribution in [-0.2, 0) is 16.8 Å². The first kappa shape index (κ1) is 14.2. The van der Waals surface area contributed by atoms with Crippen molar-refractivity contribution in [2.75, 3.05) is 30.3 Å². The maximum Gasteiger partial charge on any atom is 0.209 e. The lowest BCUT2D eigenvalue weighted by Gasteiger charge is -2.44. The van der Waals surface area contributed by atoms with E-state index in [2.05, 4.69) is 31.5 Å². The van der Waals surface area contributed by atoms with E-state index in [0.717, 1.165) is 50.4 Å². The summed E-state index contributed by atoms with van der Waals surface area (Å²) in [4.78, 5) is 8.27. The van der Waals surface area contributed by atoms with Gasteiger partial charge < -0.3 is 15.4 Å². The molecule has 5 rings (SSSR count). The first-order valence-corrected chi connectivity index (χ1v) is 9.05. The molecule has 0 aromatic carbocycles. The molecular formula is C16H18N6OS. The Kier molecular flexibility index (Phi) is 3.04. The molecule has 5 heterocycles. The van der Waals surface area contributed by atoms with Gasteiger partial charge in [-0.25, -0.2) is 0 Å². The van der Waals surface area contributed by atoms with Crippen molar-refractivity contribution in [3.63, 3.8) is 0 Å². The lowest BCUT2D eigenvalue weighted by Crippen LogP contribution is -2.46. The van der Waals surface area contributed by atoms with E-state index in [4.69, 9.17) is 10.5 Å². The minimum atomic E-state index is -0.116. The largest absolute Gasteiger partial charge is 0.370 e. The lowest BCUT2D eigenvalue weighted by molar-refractivity contribution is -0.0757. The topological polar surface area (TPSA) is 81.6 Å². The first-order chi connectivity index (χ1) is 11.8. The quantitative estimate of drug-likeness (QED) is 0.727. The minimum Gasteiger partial charge on any atom is -0.370 e. The van der Waals surface area contributed by atoms with Crippen molar-refractivity contribution in [2.45, 2.75) is 24.9 Å². The van der Waals surface area contributed by atoms with Gasteiger partial charge in [0.1, 0.15) is 12.1 Å². The van der Waals surface area contributed by atoms with Crippen LogP contribution in [-0.4, -0.2) is 39.3 Å². The van der Waals surface area contributed by atoms with Gasteiger partial charge in [-0.1, -0.05) is 0 Å². The summed E-state index contributed by atoms with van der Waals surface area (Å²) in [6.45, 7) is 2.61. The highest BCUT2D eigenvalue weighted by Crippen LogP contribution is 2.43. The molecule has 1 saturated heterocycles. The van der Waals surface area contributed by atoms with Crippen LogP contribution in [0, 0.1) is 0 Å². The maximum absolute atomic E-state index is 6.27. The smallest absolute Gasteiger partial charge is 0.209 e. The van der Waals surface area contributed by atoms with E-state index < -0.39 is 0 Å². The summed E-state index contributed by atoms with van der Waals surface area (Å²) < 4.78 is 7.96. The van der Waals surface area contributed by atoms with Crippen LogP contribution in [0.25, 0.3) is 5.65 Å². The number of nitrogens with zero attached hydrogens (tertiary/aromatic N) is 5. The van der Waals surface area contributed by atoms with Crippen molar-refractivity contribution in [3.8, 4) is 0 Å². The summed E-state index contributed by atoms with van der Waals surface area (Å²) >= 11 is 1.85. The molecule has 24 heavy (non-hydrogen) atoms. The molecule has 1 fully saturated rings. The molecule has 2 aliphatic rings. The van der Waals surface area contributed by atoms with E-state index in [0.29, 0.717) is 5.95 Å². The predicted octanol–water partition coefficient (Wildman–Crippen LogP) is 1.84. The summed E-state index contributed by atoms with van der Waals surface area (Å²) in [5, 5.41) is 10.2. The molecule has 0 aliphatic carbocycles. The molecule has 1 spiro atoms. The Morgan fingerprint density at radius 3 is 3.04 bits per heavy atom. The molecule has 2 aliphatic heterocycles. The molecule has 8 heteroatoms. The average Bonchev–Trinajstić information content (AvgIpc) is 3.25. The third kappa shape index (κ3) is 2.03. The number of ether oxygens (including phenoxy) is 1. The number of nitrogen functional groups attached to an aromatic ring is 1. The zero-order chi connectivity index (χ0) is 16.1. The highest BCUT2D eigenvalue weighted by atomic mass is 32.1. The molecule has 3 aromatic rings. The number of thiophene rings is 1. The number of fused-ring (bicyclic) bond motifs is 3. The Morgan fingerprint density at radius 1 is 1.29 bits per heavy atom. The normalized spacial score (nSPS) is 19.8. The van der Waals surface area contributed by atoms with Crippen LogP contribution in [0.3, 0.4) is 0 Å². The van der Waals surface area contributed by atoms with E-state index in [1.807, 2.05) is 17.4 Å². The van der Waals surface area contributed by atoms with Crippen molar-refractivity contribution >= 4 is 28.8 Å². The van der Waals surface area contributed by atoms with Gasteiger partial charge in [-0.05, 0) is 29.9 Å². The molecule has 0 bridgehead atoms. The van der Waals surface area contributed by atoms with Crippen molar-refractivity contribution in [3.05, 3.63) is 34.3 Å². The van der Waals surface area contributed by atoms with E-state index in [9.17, 15) is 0 Å². The fraction of sp³-hybridized carbons (Fsp3) is 0.438. The van der Waals surface area contributed by atoms with Crippen molar-refractivity contribution in [2.24, 2.45) is 0 Å². The highest BCUT2D eigenvalue weighted by molar-refractivity contribution is 7.10. The zero-order valence-electron chi connectivity index (χ0n) is 13.2. The summed E-state index contributed by atoms with van der Waals surface area (Å²) in [5.41, 5.74) is 8.03. The van der Waals surface area contributed by atoms with Crippen molar-refractivity contribution < 1.29 is 4.74 Å². The standard InChI is InChI=1S/C16H18N6OS/c17-15-19-13(9-14-20-18-10-22(14)15)21-5-3-16(4-6-21)11-2-8-24-12(11)1-7-23-16/h2,8-10H,1,3-7H2,(H2,17,19). The Hall–Kier alpha value is -2.19. The van der Waals surface area contributed by atoms with Crippen LogP contribution in [0.4, 0.5) is 11.8 Å². The summed E-state index contributed by atoms with van der Waals surface area (Å²) in [7, 11) is 0. The van der Waals surface area contributed by atoms with E-state index >= 15 is 0 Å². The SMILES string of the molecule is Nc1nc(N2CCC3(CC2)OCCc2sccc23)cc2nncn12. The lowest BCUT2D eigenvalue weighted by atomic mass is 9.82. The Bertz CT molecular complexity index is 895. The number of nitrogens with two attached hydrogens (primary N) is 1. The molecule has 0 saturated carbocycles. The second-order valence-corrected chi connectivity index (χ2v) is 7.37. The van der Waals surface area contributed by atoms with Gasteiger partial charge in [0.15, 0.2) is 5.65 Å². The van der Waals surface area contributed by atoms with Gasteiger partial charge in [0.2, 0.25) is 5.95 Å². The maximum atomic E-state index is 6.27. The monoisotopic (exact) mass is 342 g/mol. The first-order valence-electron chi connectivity index (χ1n) is 8.17. The number of hydrogen-bond acceptors (Lipinski definition) is 7. The van der Waals surface area contributed by atoms with Gasteiger partial charge in [-0.15, -0.1) is 21.5 Å². The van der Waals surface area contributed by atoms with Crippen LogP contribution >= 0.6 is 11.3 Å². The third-order valence-corrected chi connectivity index (χ3v) is 6.13. The van der Waals surface area contributed by atoms with Crippen LogP contribution in [0.1, 0.15) is 23.3 Å². The molecule has 3 aromatic heterocycles. The fourth-order valence-electron chi connectivity index (χ4n) is 3.87. The Labute approximate surface area is 143 Å². The summed E-state index contributed by atoms with van der Waals surface area (Å²) in [5.74, 6) is 1.28. The summed E-state index contributed by atoms with van der Waals surface area (Å²) in [6.07, 6.45) is 4.56. The molecule has 0 amide bonds. The molecule has 0 atom stereocenters. The third-order valence-electron chi connectivity index (χ3n) is 5.15. The molecule has 2 N–H and O–H groups in total.